The molecule has 1 rings (SSSR count). The Morgan fingerprint density at radius 1 is 1.43 bits per heavy atom. The van der Waals surface area contributed by atoms with E-state index in [1.807, 2.05) is 0 Å². The normalized spacial score (nSPS) is 42.0. The molecule has 0 amide bonds. The molecule has 0 aromatic carbocycles. The van der Waals surface area contributed by atoms with Gasteiger partial charge in [-0.05, 0) is 31.1 Å². The van der Waals surface area contributed by atoms with Crippen LogP contribution in [0.15, 0.2) is 0 Å². The minimum Gasteiger partial charge on any atom is -0.122 e. The smallest absolute Gasteiger partial charge is 0.0234 e. The van der Waals surface area contributed by atoms with Crippen LogP contribution in [0.3, 0.4) is 0 Å². The molecule has 1 fully saturated rings. The predicted molar refractivity (Wildman–Crippen MR) is 36.4 cm³/mol. The van der Waals surface area contributed by atoms with Crippen LogP contribution in [0.5, 0.6) is 0 Å². The Labute approximate surface area is 47.5 Å². The molecule has 7 heavy (non-hydrogen) atoms. The van der Waals surface area contributed by atoms with Crippen LogP contribution in [0, 0.1) is 5.92 Å². The summed E-state index contributed by atoms with van der Waals surface area (Å²) in [5.74, 6) is 1.05. The molecule has 0 nitrogen and oxygen atoms in total. The Kier molecular flexibility index (Phi) is 1.69. The van der Waals surface area contributed by atoms with E-state index >= 15 is 0 Å². The highest BCUT2D eigenvalue weighted by Gasteiger charge is 2.22. The zero-order chi connectivity index (χ0) is 5.28. The van der Waals surface area contributed by atoms with Gasteiger partial charge in [0.1, 0.15) is 0 Å². The molecule has 0 spiro atoms. The third-order valence-electron chi connectivity index (χ3n) is 1.78. The minimum atomic E-state index is 1.05. The highest BCUT2D eigenvalue weighted by atomic mass is 31.1. The maximum absolute atomic E-state index is 2.34. The Hall–Kier alpha value is 0.430. The molecular weight excluding hydrogens is 103 g/mol. The van der Waals surface area contributed by atoms with Gasteiger partial charge < -0.3 is 0 Å². The topological polar surface area (TPSA) is 0 Å². The number of hydrogen-bond acceptors (Lipinski definition) is 0. The van der Waals surface area contributed by atoms with Crippen molar-refractivity contribution >= 4 is 8.58 Å². The first-order chi connectivity index (χ1) is 3.33. The SMILES string of the molecule is CPC1CC(C)C1. The van der Waals surface area contributed by atoms with Gasteiger partial charge in [0.05, 0.1) is 0 Å². The van der Waals surface area contributed by atoms with E-state index in [2.05, 4.69) is 13.6 Å². The maximum atomic E-state index is 2.34. The highest BCUT2D eigenvalue weighted by Crippen LogP contribution is 2.37. The second-order valence-corrected chi connectivity index (χ2v) is 3.96. The lowest BCUT2D eigenvalue weighted by molar-refractivity contribution is 0.358. The Bertz CT molecular complexity index is 55.2. The van der Waals surface area contributed by atoms with E-state index in [0.29, 0.717) is 0 Å². The second-order valence-electron chi connectivity index (χ2n) is 2.56. The molecule has 0 N–H and O–H groups in total. The fraction of sp³-hybridized carbons (Fsp3) is 1.00. The lowest BCUT2D eigenvalue weighted by atomic mass is 9.87. The first-order valence-corrected chi connectivity index (χ1v) is 4.58. The highest BCUT2D eigenvalue weighted by molar-refractivity contribution is 7.38. The summed E-state index contributed by atoms with van der Waals surface area (Å²) in [6.45, 7) is 4.66. The lowest BCUT2D eigenvalue weighted by Crippen LogP contribution is -2.21. The van der Waals surface area contributed by atoms with Gasteiger partial charge in [0.2, 0.25) is 0 Å². The lowest BCUT2D eigenvalue weighted by Gasteiger charge is -2.31. The number of rotatable bonds is 1. The fourth-order valence-electron chi connectivity index (χ4n) is 1.14. The van der Waals surface area contributed by atoms with Crippen molar-refractivity contribution in [1.29, 1.82) is 0 Å². The second kappa shape index (κ2) is 2.13. The summed E-state index contributed by atoms with van der Waals surface area (Å²) in [5.41, 5.74) is 1.12. The van der Waals surface area contributed by atoms with Crippen LogP contribution in [0.4, 0.5) is 0 Å². The summed E-state index contributed by atoms with van der Waals surface area (Å²) in [5, 5.41) is 0. The van der Waals surface area contributed by atoms with E-state index < -0.39 is 0 Å². The molecule has 0 bridgehead atoms. The summed E-state index contributed by atoms with van der Waals surface area (Å²) < 4.78 is 0. The third kappa shape index (κ3) is 1.16. The van der Waals surface area contributed by atoms with Crippen molar-refractivity contribution in [3.63, 3.8) is 0 Å². The monoisotopic (exact) mass is 116 g/mol. The van der Waals surface area contributed by atoms with Crippen LogP contribution in [0.25, 0.3) is 0 Å². The Balaban J connectivity index is 2.06. The summed E-state index contributed by atoms with van der Waals surface area (Å²) in [6, 6.07) is 0. The van der Waals surface area contributed by atoms with Crippen molar-refractivity contribution in [1.82, 2.24) is 0 Å². The molecule has 1 aliphatic carbocycles. The van der Waals surface area contributed by atoms with Gasteiger partial charge in [-0.15, -0.1) is 8.58 Å². The first kappa shape index (κ1) is 5.56. The molecular formula is C6H13P. The molecule has 1 saturated carbocycles. The largest absolute Gasteiger partial charge is 0.122 e. The number of hydrogen-bond donors (Lipinski definition) is 0. The van der Waals surface area contributed by atoms with Crippen LogP contribution in [0.1, 0.15) is 19.8 Å². The van der Waals surface area contributed by atoms with E-state index in [4.69, 9.17) is 0 Å². The molecule has 0 radical (unpaired) electrons. The Morgan fingerprint density at radius 2 is 2.00 bits per heavy atom. The van der Waals surface area contributed by atoms with Crippen LogP contribution in [-0.4, -0.2) is 12.3 Å². The minimum absolute atomic E-state index is 1.05. The van der Waals surface area contributed by atoms with Gasteiger partial charge in [-0.1, -0.05) is 6.92 Å². The van der Waals surface area contributed by atoms with Crippen molar-refractivity contribution < 1.29 is 0 Å². The van der Waals surface area contributed by atoms with E-state index in [9.17, 15) is 0 Å². The van der Waals surface area contributed by atoms with Gasteiger partial charge >= 0.3 is 0 Å². The van der Waals surface area contributed by atoms with E-state index in [1.54, 1.807) is 0 Å². The third-order valence-corrected chi connectivity index (χ3v) is 3.07. The average molecular weight is 116 g/mol. The van der Waals surface area contributed by atoms with Gasteiger partial charge in [0, 0.05) is 0 Å². The van der Waals surface area contributed by atoms with Crippen LogP contribution < -0.4 is 0 Å². The molecule has 1 unspecified atom stereocenters. The summed E-state index contributed by atoms with van der Waals surface area (Å²) in [4.78, 5) is 0. The molecule has 1 aliphatic rings. The fourth-order valence-corrected chi connectivity index (χ4v) is 2.41. The van der Waals surface area contributed by atoms with Crippen molar-refractivity contribution in [3.8, 4) is 0 Å². The summed E-state index contributed by atoms with van der Waals surface area (Å²) in [6.07, 6.45) is 3.02. The van der Waals surface area contributed by atoms with Crippen LogP contribution >= 0.6 is 8.58 Å². The van der Waals surface area contributed by atoms with Crippen molar-refractivity contribution in [2.75, 3.05) is 6.66 Å². The Morgan fingerprint density at radius 3 is 2.14 bits per heavy atom. The van der Waals surface area contributed by atoms with Crippen molar-refractivity contribution in [3.05, 3.63) is 0 Å². The first-order valence-electron chi connectivity index (χ1n) is 3.00. The molecule has 0 aromatic heterocycles. The van der Waals surface area contributed by atoms with E-state index in [1.165, 1.54) is 21.4 Å². The standard InChI is InChI=1S/C6H13P/c1-5-3-6(4-5)7-2/h5-7H,3-4H2,1-2H3. The van der Waals surface area contributed by atoms with E-state index in [0.717, 1.165) is 11.6 Å². The van der Waals surface area contributed by atoms with Crippen molar-refractivity contribution in [2.45, 2.75) is 25.4 Å². The van der Waals surface area contributed by atoms with E-state index in [-0.39, 0.29) is 0 Å². The zero-order valence-corrected chi connectivity index (χ0v) is 6.07. The average Bonchev–Trinajstić information content (AvgIpc) is 1.58. The molecule has 0 aromatic rings. The molecule has 0 heterocycles. The maximum Gasteiger partial charge on any atom is -0.0234 e. The van der Waals surface area contributed by atoms with Gasteiger partial charge in [-0.3, -0.25) is 0 Å². The van der Waals surface area contributed by atoms with Gasteiger partial charge in [0.25, 0.3) is 0 Å². The van der Waals surface area contributed by atoms with Gasteiger partial charge in [-0.2, -0.15) is 0 Å². The summed E-state index contributed by atoms with van der Waals surface area (Å²) in [7, 11) is 1.20. The molecule has 0 saturated heterocycles. The van der Waals surface area contributed by atoms with Crippen molar-refractivity contribution in [2.24, 2.45) is 5.92 Å². The summed E-state index contributed by atoms with van der Waals surface area (Å²) >= 11 is 0. The van der Waals surface area contributed by atoms with Gasteiger partial charge in [0.15, 0.2) is 0 Å². The predicted octanol–water partition coefficient (Wildman–Crippen LogP) is 2.09. The molecule has 1 heteroatoms. The quantitative estimate of drug-likeness (QED) is 0.460. The molecule has 0 aliphatic heterocycles. The van der Waals surface area contributed by atoms with Crippen LogP contribution in [0.2, 0.25) is 0 Å². The van der Waals surface area contributed by atoms with Gasteiger partial charge in [-0.25, -0.2) is 0 Å². The molecule has 1 atom stereocenters. The molecule has 42 valence electrons. The van der Waals surface area contributed by atoms with Crippen LogP contribution in [-0.2, 0) is 0 Å². The zero-order valence-electron chi connectivity index (χ0n) is 5.07.